The van der Waals surface area contributed by atoms with E-state index in [0.717, 1.165) is 12.1 Å². The Balaban J connectivity index is 1.97. The van der Waals surface area contributed by atoms with Crippen LogP contribution in [-0.4, -0.2) is 58.6 Å². The number of carbonyl (C=O) groups is 1. The molecule has 0 saturated carbocycles. The lowest BCUT2D eigenvalue weighted by Gasteiger charge is -2.23. The third-order valence-corrected chi connectivity index (χ3v) is 4.55. The van der Waals surface area contributed by atoms with Crippen molar-refractivity contribution in [3.63, 3.8) is 0 Å². The number of anilines is 1. The summed E-state index contributed by atoms with van der Waals surface area (Å²) in [6.45, 7) is 0.0291. The van der Waals surface area contributed by atoms with Crippen molar-refractivity contribution in [2.24, 2.45) is 0 Å². The molecule has 2 aromatic carbocycles. The van der Waals surface area contributed by atoms with Crippen molar-refractivity contribution in [1.82, 2.24) is 5.32 Å². The molecule has 0 aliphatic rings. The van der Waals surface area contributed by atoms with Gasteiger partial charge in [0.15, 0.2) is 11.5 Å². The van der Waals surface area contributed by atoms with Crippen molar-refractivity contribution in [1.29, 1.82) is 0 Å². The van der Waals surface area contributed by atoms with Crippen molar-refractivity contribution >= 4 is 11.6 Å². The number of rotatable bonds is 9. The van der Waals surface area contributed by atoms with Crippen molar-refractivity contribution in [2.75, 3.05) is 46.4 Å². The first-order chi connectivity index (χ1) is 14.6. The van der Waals surface area contributed by atoms with Crippen LogP contribution < -0.4 is 24.4 Å². The summed E-state index contributed by atoms with van der Waals surface area (Å²) in [7, 11) is 5.94. The Labute approximate surface area is 178 Å². The second-order valence-electron chi connectivity index (χ2n) is 6.70. The van der Waals surface area contributed by atoms with Gasteiger partial charge in [-0.2, -0.15) is 13.2 Å². The average Bonchev–Trinajstić information content (AvgIpc) is 2.75. The van der Waals surface area contributed by atoms with Crippen LogP contribution >= 0.6 is 0 Å². The molecule has 170 valence electrons. The fourth-order valence-corrected chi connectivity index (χ4v) is 2.92. The molecule has 0 aliphatic carbocycles. The van der Waals surface area contributed by atoms with E-state index in [9.17, 15) is 23.1 Å². The molecule has 0 aliphatic heterocycles. The molecule has 1 atom stereocenters. The van der Waals surface area contributed by atoms with Gasteiger partial charge in [0.25, 0.3) is 5.91 Å². The topological polar surface area (TPSA) is 80.3 Å². The van der Waals surface area contributed by atoms with Crippen LogP contribution in [0.4, 0.5) is 18.9 Å². The molecule has 0 aromatic heterocycles. The number of carbonyl (C=O) groups excluding carboxylic acids is 1. The summed E-state index contributed by atoms with van der Waals surface area (Å²) in [5.74, 6) is 0.513. The lowest BCUT2D eigenvalue weighted by Crippen LogP contribution is -2.39. The van der Waals surface area contributed by atoms with E-state index in [1.165, 1.54) is 45.6 Å². The lowest BCUT2D eigenvalue weighted by atomic mass is 10.1. The van der Waals surface area contributed by atoms with Gasteiger partial charge in [0.05, 0.1) is 33.0 Å². The van der Waals surface area contributed by atoms with Gasteiger partial charge in [-0.15, -0.1) is 0 Å². The maximum Gasteiger partial charge on any atom is 0.416 e. The predicted octanol–water partition coefficient (Wildman–Crippen LogP) is 2.96. The number of amides is 1. The molecule has 2 N–H and O–H groups in total. The maximum atomic E-state index is 12.7. The summed E-state index contributed by atoms with van der Waals surface area (Å²) < 4.78 is 53.6. The van der Waals surface area contributed by atoms with E-state index in [1.807, 2.05) is 0 Å². The van der Waals surface area contributed by atoms with E-state index in [1.54, 1.807) is 11.9 Å². The lowest BCUT2D eigenvalue weighted by molar-refractivity contribution is -0.137. The summed E-state index contributed by atoms with van der Waals surface area (Å²) in [5.41, 5.74) is 0.00334. The van der Waals surface area contributed by atoms with Crippen molar-refractivity contribution in [3.8, 4) is 17.2 Å². The van der Waals surface area contributed by atoms with E-state index in [4.69, 9.17) is 14.2 Å². The van der Waals surface area contributed by atoms with Gasteiger partial charge >= 0.3 is 6.18 Å². The van der Waals surface area contributed by atoms with Gasteiger partial charge in [-0.25, -0.2) is 0 Å². The third-order valence-electron chi connectivity index (χ3n) is 4.55. The Bertz CT molecular complexity index is 863. The molecule has 0 saturated heterocycles. The minimum atomic E-state index is -4.41. The van der Waals surface area contributed by atoms with Crippen molar-refractivity contribution < 1.29 is 37.3 Å². The summed E-state index contributed by atoms with van der Waals surface area (Å²) in [6.07, 6.45) is -5.37. The normalized spacial score (nSPS) is 12.1. The highest BCUT2D eigenvalue weighted by molar-refractivity contribution is 5.95. The average molecular weight is 442 g/mol. The van der Waals surface area contributed by atoms with Gasteiger partial charge in [-0.3, -0.25) is 4.79 Å². The van der Waals surface area contributed by atoms with Crippen molar-refractivity contribution in [2.45, 2.75) is 12.3 Å². The Kier molecular flexibility index (Phi) is 7.98. The number of benzene rings is 2. The van der Waals surface area contributed by atoms with Crippen LogP contribution in [-0.2, 0) is 6.18 Å². The van der Waals surface area contributed by atoms with Crippen LogP contribution in [0.3, 0.4) is 0 Å². The van der Waals surface area contributed by atoms with E-state index >= 15 is 0 Å². The van der Waals surface area contributed by atoms with Crippen LogP contribution in [0.1, 0.15) is 15.9 Å². The molecule has 31 heavy (non-hydrogen) atoms. The van der Waals surface area contributed by atoms with Gasteiger partial charge in [-0.1, -0.05) is 0 Å². The van der Waals surface area contributed by atoms with Crippen LogP contribution in [0.5, 0.6) is 17.2 Å². The highest BCUT2D eigenvalue weighted by Crippen LogP contribution is 2.38. The molecule has 0 bridgehead atoms. The molecule has 7 nitrogen and oxygen atoms in total. The van der Waals surface area contributed by atoms with Gasteiger partial charge in [0.1, 0.15) is 0 Å². The Hall–Kier alpha value is -3.14. The zero-order valence-corrected chi connectivity index (χ0v) is 17.6. The Morgan fingerprint density at radius 1 is 1.06 bits per heavy atom. The molecule has 0 fully saturated rings. The number of aliphatic hydroxyl groups excluding tert-OH is 1. The number of likely N-dealkylation sites (N-methyl/N-ethyl adjacent to an activating group) is 1. The smallest absolute Gasteiger partial charge is 0.416 e. The standard InChI is InChI=1S/C21H25F3N2O5/c1-26(15-7-5-14(6-8-15)21(22,23)24)12-16(27)11-25-20(28)13-9-17(29-2)19(31-4)18(10-13)30-3/h5-10,16,27H,11-12H2,1-4H3,(H,25,28). The fourth-order valence-electron chi connectivity index (χ4n) is 2.92. The number of aliphatic hydroxyl groups is 1. The van der Waals surface area contributed by atoms with Crippen LogP contribution in [0.2, 0.25) is 0 Å². The van der Waals surface area contributed by atoms with Crippen LogP contribution in [0.15, 0.2) is 36.4 Å². The second kappa shape index (κ2) is 10.3. The zero-order chi connectivity index (χ0) is 23.2. The number of methoxy groups -OCH3 is 3. The number of nitrogens with one attached hydrogen (secondary N) is 1. The van der Waals surface area contributed by atoms with Crippen LogP contribution in [0.25, 0.3) is 0 Å². The predicted molar refractivity (Wildman–Crippen MR) is 109 cm³/mol. The second-order valence-corrected chi connectivity index (χ2v) is 6.70. The van der Waals surface area contributed by atoms with Gasteiger partial charge in [0.2, 0.25) is 5.75 Å². The number of hydrogen-bond acceptors (Lipinski definition) is 6. The number of halogens is 3. The molecule has 10 heteroatoms. The maximum absolute atomic E-state index is 12.7. The molecule has 1 unspecified atom stereocenters. The zero-order valence-electron chi connectivity index (χ0n) is 17.6. The minimum absolute atomic E-state index is 0.0690. The monoisotopic (exact) mass is 442 g/mol. The summed E-state index contributed by atoms with van der Waals surface area (Å²) >= 11 is 0. The number of hydrogen-bond donors (Lipinski definition) is 2. The van der Waals surface area contributed by atoms with Crippen molar-refractivity contribution in [3.05, 3.63) is 47.5 Å². The Morgan fingerprint density at radius 2 is 1.61 bits per heavy atom. The van der Waals surface area contributed by atoms with E-state index in [0.29, 0.717) is 22.9 Å². The first-order valence-electron chi connectivity index (χ1n) is 9.25. The highest BCUT2D eigenvalue weighted by Gasteiger charge is 2.30. The summed E-state index contributed by atoms with van der Waals surface area (Å²) in [5, 5.41) is 12.8. The molecule has 1 amide bonds. The SMILES string of the molecule is COc1cc(C(=O)NCC(O)CN(C)c2ccc(C(F)(F)F)cc2)cc(OC)c1OC. The number of nitrogens with zero attached hydrogens (tertiary/aromatic N) is 1. The van der Waals surface area contributed by atoms with Gasteiger partial charge in [-0.05, 0) is 36.4 Å². The largest absolute Gasteiger partial charge is 0.493 e. The summed E-state index contributed by atoms with van der Waals surface area (Å²) in [6, 6.07) is 7.57. The van der Waals surface area contributed by atoms with E-state index in [-0.39, 0.29) is 18.7 Å². The fraction of sp³-hybridized carbons (Fsp3) is 0.381. The van der Waals surface area contributed by atoms with E-state index < -0.39 is 23.8 Å². The summed E-state index contributed by atoms with van der Waals surface area (Å²) in [4.78, 5) is 14.1. The third kappa shape index (κ3) is 6.17. The van der Waals surface area contributed by atoms with Crippen LogP contribution in [0, 0.1) is 0 Å². The first kappa shape index (κ1) is 24.1. The molecule has 0 spiro atoms. The number of alkyl halides is 3. The molecular weight excluding hydrogens is 417 g/mol. The first-order valence-corrected chi connectivity index (χ1v) is 9.25. The molecule has 2 rings (SSSR count). The quantitative estimate of drug-likeness (QED) is 0.622. The molecule has 2 aromatic rings. The highest BCUT2D eigenvalue weighted by atomic mass is 19.4. The molecule has 0 radical (unpaired) electrons. The van der Waals surface area contributed by atoms with E-state index in [2.05, 4.69) is 5.32 Å². The number of ether oxygens (including phenoxy) is 3. The minimum Gasteiger partial charge on any atom is -0.493 e. The Morgan fingerprint density at radius 3 is 2.06 bits per heavy atom. The van der Waals surface area contributed by atoms with Gasteiger partial charge < -0.3 is 29.5 Å². The molecular formula is C21H25F3N2O5. The van der Waals surface area contributed by atoms with Gasteiger partial charge in [0, 0.05) is 31.4 Å². The molecule has 0 heterocycles.